The molecule has 0 heterocycles. The van der Waals surface area contributed by atoms with Gasteiger partial charge in [0.05, 0.1) is 8.07 Å². The van der Waals surface area contributed by atoms with Gasteiger partial charge in [-0.3, -0.25) is 0 Å². The summed E-state index contributed by atoms with van der Waals surface area (Å²) in [5.74, 6) is 0. The zero-order valence-electron chi connectivity index (χ0n) is 8.56. The van der Waals surface area contributed by atoms with Gasteiger partial charge in [-0.1, -0.05) is 62.3 Å². The van der Waals surface area contributed by atoms with E-state index < -0.39 is 8.07 Å². The maximum atomic E-state index is 2.38. The van der Waals surface area contributed by atoms with Crippen LogP contribution in [0.1, 0.15) is 27.2 Å². The summed E-state index contributed by atoms with van der Waals surface area (Å²) in [6.07, 6.45) is 8.17. The first-order chi connectivity index (χ1) is 5.79. The molecule has 0 saturated carbocycles. The topological polar surface area (TPSA) is 0 Å². The second kappa shape index (κ2) is 5.91. The summed E-state index contributed by atoms with van der Waals surface area (Å²) in [6.45, 7) is 7.12. The van der Waals surface area contributed by atoms with Crippen molar-refractivity contribution < 1.29 is 0 Å². The van der Waals surface area contributed by atoms with Gasteiger partial charge in [-0.05, 0) is 6.42 Å². The van der Waals surface area contributed by atoms with Gasteiger partial charge in [-0.2, -0.15) is 0 Å². The van der Waals surface area contributed by atoms with E-state index in [-0.39, 0.29) is 18.9 Å². The molecule has 1 aliphatic carbocycles. The third kappa shape index (κ3) is 2.62. The van der Waals surface area contributed by atoms with Crippen molar-refractivity contribution in [3.05, 3.63) is 23.4 Å². The summed E-state index contributed by atoms with van der Waals surface area (Å²) in [5, 5.41) is 1.79. The minimum absolute atomic E-state index is 0. The van der Waals surface area contributed by atoms with Crippen molar-refractivity contribution in [2.45, 2.75) is 45.3 Å². The van der Waals surface area contributed by atoms with Crippen LogP contribution >= 0.6 is 0 Å². The molecule has 0 aromatic heterocycles. The van der Waals surface area contributed by atoms with Crippen LogP contribution in [0.4, 0.5) is 0 Å². The Bertz CT molecular complexity index is 194. The van der Waals surface area contributed by atoms with E-state index in [1.165, 1.54) is 24.6 Å². The normalized spacial score (nSPS) is 15.5. The fourth-order valence-corrected chi connectivity index (χ4v) is 6.13. The van der Waals surface area contributed by atoms with Crippen LogP contribution in [0.25, 0.3) is 0 Å². The van der Waals surface area contributed by atoms with Crippen LogP contribution < -0.4 is 0 Å². The molecule has 0 aromatic rings. The molecular weight excluding hydrogens is 167 g/mol. The van der Waals surface area contributed by atoms with Crippen LogP contribution in [0, 0.1) is 0 Å². The van der Waals surface area contributed by atoms with Crippen molar-refractivity contribution in [3.8, 4) is 0 Å². The van der Waals surface area contributed by atoms with Crippen molar-refractivity contribution in [3.63, 3.8) is 0 Å². The maximum absolute atomic E-state index is 2.38. The van der Waals surface area contributed by atoms with Crippen LogP contribution in [0.15, 0.2) is 23.4 Å². The van der Waals surface area contributed by atoms with E-state index in [9.17, 15) is 0 Å². The third-order valence-electron chi connectivity index (χ3n) is 3.48. The van der Waals surface area contributed by atoms with Crippen molar-refractivity contribution in [2.24, 2.45) is 0 Å². The predicted octanol–water partition coefficient (Wildman–Crippen LogP) is 3.27. The summed E-state index contributed by atoms with van der Waals surface area (Å²) >= 11 is 0. The monoisotopic (exact) mass is 188 g/mol. The first-order valence-corrected chi connectivity index (χ1v) is 7.77. The summed E-state index contributed by atoms with van der Waals surface area (Å²) in [6, 6.07) is 4.27. The minimum atomic E-state index is -0.986. The van der Waals surface area contributed by atoms with Gasteiger partial charge in [-0.15, -0.1) is 0 Å². The van der Waals surface area contributed by atoms with Gasteiger partial charge in [-0.25, -0.2) is 0 Å². The van der Waals surface area contributed by atoms with Crippen LogP contribution in [-0.2, 0) is 0 Å². The Balaban J connectivity index is 0.00000144. The summed E-state index contributed by atoms with van der Waals surface area (Å²) in [5.41, 5.74) is 0. The Labute approximate surface area is 95.7 Å². The van der Waals surface area contributed by atoms with Gasteiger partial charge < -0.3 is 0 Å². The Morgan fingerprint density at radius 3 is 2.00 bits per heavy atom. The molecule has 0 spiro atoms. The number of hydrogen-bond donors (Lipinski definition) is 0. The molecule has 2 heteroatoms. The van der Waals surface area contributed by atoms with Crippen LogP contribution in [-0.4, -0.2) is 26.9 Å². The zero-order chi connectivity index (χ0) is 9.03. The zero-order valence-corrected chi connectivity index (χ0v) is 9.56. The molecule has 13 heavy (non-hydrogen) atoms. The van der Waals surface area contributed by atoms with Crippen molar-refractivity contribution in [1.82, 2.24) is 0 Å². The molecule has 0 amide bonds. The van der Waals surface area contributed by atoms with Gasteiger partial charge in [0.15, 0.2) is 0 Å². The van der Waals surface area contributed by atoms with E-state index in [4.69, 9.17) is 0 Å². The van der Waals surface area contributed by atoms with Gasteiger partial charge in [0.2, 0.25) is 0 Å². The van der Waals surface area contributed by atoms with E-state index in [1.54, 1.807) is 5.20 Å². The van der Waals surface area contributed by atoms with Gasteiger partial charge in [0.1, 0.15) is 0 Å². The summed E-state index contributed by atoms with van der Waals surface area (Å²) < 4.78 is 0. The Morgan fingerprint density at radius 1 is 1.15 bits per heavy atom. The molecule has 1 rings (SSSR count). The first kappa shape index (κ1) is 13.3. The van der Waals surface area contributed by atoms with E-state index in [0.29, 0.717) is 0 Å². The molecule has 0 N–H and O–H groups in total. The first-order valence-electron chi connectivity index (χ1n) is 5.15. The quantitative estimate of drug-likeness (QED) is 0.594. The molecule has 0 nitrogen and oxygen atoms in total. The van der Waals surface area contributed by atoms with Crippen LogP contribution in [0.5, 0.6) is 0 Å². The van der Waals surface area contributed by atoms with Gasteiger partial charge in [0.25, 0.3) is 0 Å². The molecule has 0 aromatic carbocycles. The third-order valence-corrected chi connectivity index (χ3v) is 9.28. The molecular formula is C11H21LiSi. The average Bonchev–Trinajstić information content (AvgIpc) is 2.62. The standard InChI is InChI=1S/C11H20Si.Li.H/c1-4-12(5-2,6-3)11-9-7-8-10-11;;/h7-9H,4-6,10H2,1-3H3;;. The second-order valence-electron chi connectivity index (χ2n) is 3.67. The molecule has 70 valence electrons. The average molecular weight is 188 g/mol. The molecule has 0 bridgehead atoms. The Morgan fingerprint density at radius 2 is 1.69 bits per heavy atom. The molecule has 0 fully saturated rings. The summed E-state index contributed by atoms with van der Waals surface area (Å²) in [7, 11) is -0.986. The fraction of sp³-hybridized carbons (Fsp3) is 0.636. The predicted molar refractivity (Wildman–Crippen MR) is 66.2 cm³/mol. The molecule has 0 radical (unpaired) electrons. The molecule has 0 unspecified atom stereocenters. The summed E-state index contributed by atoms with van der Waals surface area (Å²) in [4.78, 5) is 0. The SMILES string of the molecule is CC[Si](CC)(CC)C1=CC=CC1.[LiH]. The van der Waals surface area contributed by atoms with Gasteiger partial charge >= 0.3 is 18.9 Å². The number of rotatable bonds is 4. The fourth-order valence-electron chi connectivity index (χ4n) is 2.27. The Kier molecular flexibility index (Phi) is 6.04. The van der Waals surface area contributed by atoms with E-state index in [0.717, 1.165) is 0 Å². The Hall–Kier alpha value is 0.294. The molecule has 1 aliphatic rings. The second-order valence-corrected chi connectivity index (χ2v) is 8.99. The van der Waals surface area contributed by atoms with Crippen LogP contribution in [0.3, 0.4) is 0 Å². The van der Waals surface area contributed by atoms with E-state index >= 15 is 0 Å². The molecule has 0 atom stereocenters. The van der Waals surface area contributed by atoms with E-state index in [1.807, 2.05) is 0 Å². The molecule has 0 aliphatic heterocycles. The van der Waals surface area contributed by atoms with Crippen molar-refractivity contribution >= 4 is 26.9 Å². The van der Waals surface area contributed by atoms with Crippen LogP contribution in [0.2, 0.25) is 18.1 Å². The van der Waals surface area contributed by atoms with Gasteiger partial charge in [0, 0.05) is 0 Å². The van der Waals surface area contributed by atoms with Crippen molar-refractivity contribution in [2.75, 3.05) is 0 Å². The van der Waals surface area contributed by atoms with E-state index in [2.05, 4.69) is 39.0 Å². The number of hydrogen-bond acceptors (Lipinski definition) is 0. The number of allylic oxidation sites excluding steroid dienone is 4. The van der Waals surface area contributed by atoms with Crippen molar-refractivity contribution in [1.29, 1.82) is 0 Å². The molecule has 0 saturated heterocycles.